The van der Waals surface area contributed by atoms with Gasteiger partial charge in [0, 0.05) is 38.4 Å². The van der Waals surface area contributed by atoms with Crippen molar-refractivity contribution in [3.05, 3.63) is 170 Å². The molecule has 0 atom stereocenters. The Balaban J connectivity index is 1.41. The lowest BCUT2D eigenvalue weighted by Gasteiger charge is -2.13. The summed E-state index contributed by atoms with van der Waals surface area (Å²) < 4.78 is 11.6. The van der Waals surface area contributed by atoms with Gasteiger partial charge in [0.25, 0.3) is 0 Å². The summed E-state index contributed by atoms with van der Waals surface area (Å²) in [6.07, 6.45) is 0. The van der Waals surface area contributed by atoms with Gasteiger partial charge in [0.2, 0.25) is 5.95 Å². The minimum Gasteiger partial charge on any atom is -0.455 e. The number of aromatic nitrogens is 4. The Morgan fingerprint density at radius 1 is 0.412 bits per heavy atom. The monoisotopic (exact) mass is 652 g/mol. The Morgan fingerprint density at radius 3 is 1.53 bits per heavy atom. The molecular weight excluding hydrogens is 625 g/mol. The van der Waals surface area contributed by atoms with E-state index in [9.17, 15) is 0 Å². The van der Waals surface area contributed by atoms with E-state index in [0.717, 1.165) is 93.8 Å². The molecule has 0 spiro atoms. The smallest absolute Gasteiger partial charge is 0.235 e. The summed E-state index contributed by atoms with van der Waals surface area (Å²) >= 11 is 0. The highest BCUT2D eigenvalue weighted by atomic mass is 16.3. The van der Waals surface area contributed by atoms with Crippen LogP contribution in [0.25, 0.3) is 99.7 Å². The lowest BCUT2D eigenvalue weighted by atomic mass is 10.0. The van der Waals surface area contributed by atoms with E-state index in [-0.39, 0.29) is 0 Å². The molecule has 4 heterocycles. The van der Waals surface area contributed by atoms with Crippen LogP contribution in [-0.2, 0) is 0 Å². The van der Waals surface area contributed by atoms with E-state index in [1.165, 1.54) is 0 Å². The quantitative estimate of drug-likeness (QED) is 0.190. The van der Waals surface area contributed by atoms with Crippen LogP contribution in [0.5, 0.6) is 0 Å². The van der Waals surface area contributed by atoms with Gasteiger partial charge < -0.3 is 8.98 Å². The normalized spacial score (nSPS) is 11.9. The van der Waals surface area contributed by atoms with E-state index < -0.39 is 0 Å². The third kappa shape index (κ3) is 4.03. The van der Waals surface area contributed by atoms with Crippen molar-refractivity contribution in [1.29, 1.82) is 0 Å². The first-order valence-corrected chi connectivity index (χ1v) is 17.2. The summed E-state index contributed by atoms with van der Waals surface area (Å²) in [5.74, 6) is 0.606. The highest BCUT2D eigenvalue weighted by molar-refractivity contribution is 6.39. The molecule has 0 fully saturated rings. The summed E-state index contributed by atoms with van der Waals surface area (Å²) in [4.78, 5) is 10.7. The second-order valence-electron chi connectivity index (χ2n) is 13.0. The number of hydrogen-bond acceptors (Lipinski definition) is 3. The van der Waals surface area contributed by atoms with Gasteiger partial charge in [0.05, 0.1) is 44.2 Å². The molecule has 0 amide bonds. The molecule has 0 aliphatic rings. The van der Waals surface area contributed by atoms with Crippen LogP contribution in [0.2, 0.25) is 0 Å². The zero-order valence-electron chi connectivity index (χ0n) is 27.4. The average molecular weight is 653 g/mol. The molecule has 0 N–H and O–H groups in total. The summed E-state index contributed by atoms with van der Waals surface area (Å²) in [5, 5.41) is 6.61. The van der Waals surface area contributed by atoms with Crippen molar-refractivity contribution >= 4 is 65.6 Å². The number of nitrogens with zero attached hydrogens (tertiary/aromatic N) is 4. The van der Waals surface area contributed by atoms with Crippen molar-refractivity contribution < 1.29 is 4.42 Å². The molecule has 0 saturated heterocycles. The van der Waals surface area contributed by atoms with Crippen molar-refractivity contribution in [1.82, 2.24) is 19.1 Å². The summed E-state index contributed by atoms with van der Waals surface area (Å²) in [5.41, 5.74) is 10.8. The summed E-state index contributed by atoms with van der Waals surface area (Å²) in [6, 6.07) is 59.1. The van der Waals surface area contributed by atoms with Gasteiger partial charge in [0.15, 0.2) is 0 Å². The molecule has 7 aromatic carbocycles. The van der Waals surface area contributed by atoms with Crippen molar-refractivity contribution in [3.8, 4) is 34.2 Å². The van der Waals surface area contributed by atoms with E-state index in [1.807, 2.05) is 18.2 Å². The van der Waals surface area contributed by atoms with E-state index in [0.29, 0.717) is 5.95 Å². The van der Waals surface area contributed by atoms with Crippen LogP contribution in [-0.4, -0.2) is 19.1 Å². The Hall–Kier alpha value is -6.98. The van der Waals surface area contributed by atoms with Gasteiger partial charge in [0.1, 0.15) is 11.2 Å². The van der Waals surface area contributed by atoms with Crippen molar-refractivity contribution in [3.63, 3.8) is 0 Å². The van der Waals surface area contributed by atoms with Gasteiger partial charge in [-0.3, -0.25) is 4.57 Å². The SMILES string of the molecule is c1ccc(-c2cc(-c3ccccc3)nc(-n3c4ccccc4c4c5c(c6ccccc6n5-c5ccccc5)c5oc6ccccc6c5c43)n2)cc1. The van der Waals surface area contributed by atoms with Crippen molar-refractivity contribution in [2.45, 2.75) is 0 Å². The molecule has 5 heteroatoms. The van der Waals surface area contributed by atoms with Gasteiger partial charge in [-0.15, -0.1) is 0 Å². The van der Waals surface area contributed by atoms with Gasteiger partial charge in [-0.25, -0.2) is 9.97 Å². The number of rotatable bonds is 4. The van der Waals surface area contributed by atoms with E-state index in [2.05, 4.69) is 161 Å². The molecule has 238 valence electrons. The topological polar surface area (TPSA) is 48.8 Å². The van der Waals surface area contributed by atoms with Gasteiger partial charge in [-0.05, 0) is 36.4 Å². The average Bonchev–Trinajstić information content (AvgIpc) is 3.87. The highest BCUT2D eigenvalue weighted by Gasteiger charge is 2.28. The molecular formula is C46H28N4O. The van der Waals surface area contributed by atoms with E-state index >= 15 is 0 Å². The first-order chi connectivity index (χ1) is 25.3. The molecule has 0 aliphatic carbocycles. The zero-order chi connectivity index (χ0) is 33.5. The third-order valence-corrected chi connectivity index (χ3v) is 10.1. The third-order valence-electron chi connectivity index (χ3n) is 10.1. The maximum Gasteiger partial charge on any atom is 0.235 e. The Kier molecular flexibility index (Phi) is 5.89. The standard InChI is InChI=1S/C46H28N4O/c1-4-16-29(17-5-1)35-28-36(30-18-6-2-7-19-30)48-46(47-35)50-38-26-14-10-22-32(38)40-43-41(45-42(44(40)50)34-24-12-15-27-39(34)51-45)33-23-11-13-25-37(33)49(43)31-20-8-3-9-21-31/h1-28H. The van der Waals surface area contributed by atoms with Crippen LogP contribution in [0.4, 0.5) is 0 Å². The van der Waals surface area contributed by atoms with Crippen molar-refractivity contribution in [2.24, 2.45) is 0 Å². The van der Waals surface area contributed by atoms with Crippen LogP contribution >= 0.6 is 0 Å². The molecule has 0 unspecified atom stereocenters. The lowest BCUT2D eigenvalue weighted by Crippen LogP contribution is -2.04. The Labute approximate surface area is 292 Å². The van der Waals surface area contributed by atoms with E-state index in [4.69, 9.17) is 14.4 Å². The maximum atomic E-state index is 6.94. The van der Waals surface area contributed by atoms with Crippen molar-refractivity contribution in [2.75, 3.05) is 0 Å². The molecule has 0 saturated carbocycles. The number of benzene rings is 7. The van der Waals surface area contributed by atoms with Gasteiger partial charge in [-0.2, -0.15) is 0 Å². The molecule has 11 rings (SSSR count). The maximum absolute atomic E-state index is 6.94. The predicted octanol–water partition coefficient (Wildman–Crippen LogP) is 11.9. The Bertz CT molecular complexity index is 3060. The van der Waals surface area contributed by atoms with E-state index in [1.54, 1.807) is 0 Å². The molecule has 51 heavy (non-hydrogen) atoms. The number of para-hydroxylation sites is 4. The molecule has 4 aromatic heterocycles. The fraction of sp³-hybridized carbons (Fsp3) is 0. The molecule has 0 radical (unpaired) electrons. The van der Waals surface area contributed by atoms with Crippen LogP contribution in [0, 0.1) is 0 Å². The second kappa shape index (κ2) is 10.8. The van der Waals surface area contributed by atoms with Gasteiger partial charge >= 0.3 is 0 Å². The number of fused-ring (bicyclic) bond motifs is 12. The summed E-state index contributed by atoms with van der Waals surface area (Å²) in [6.45, 7) is 0. The van der Waals surface area contributed by atoms with Crippen LogP contribution in [0.3, 0.4) is 0 Å². The molecule has 11 aromatic rings. The van der Waals surface area contributed by atoms with Crippen LogP contribution in [0.1, 0.15) is 0 Å². The molecule has 0 aliphatic heterocycles. The fourth-order valence-corrected chi connectivity index (χ4v) is 7.98. The second-order valence-corrected chi connectivity index (χ2v) is 13.0. The number of hydrogen-bond donors (Lipinski definition) is 0. The van der Waals surface area contributed by atoms with Crippen LogP contribution < -0.4 is 0 Å². The first-order valence-electron chi connectivity index (χ1n) is 17.2. The lowest BCUT2D eigenvalue weighted by molar-refractivity contribution is 0.673. The fourth-order valence-electron chi connectivity index (χ4n) is 7.98. The predicted molar refractivity (Wildman–Crippen MR) is 209 cm³/mol. The molecule has 0 bridgehead atoms. The highest BCUT2D eigenvalue weighted by Crippen LogP contribution is 2.49. The zero-order valence-corrected chi connectivity index (χ0v) is 27.4. The Morgan fingerprint density at radius 2 is 0.882 bits per heavy atom. The number of furan rings is 1. The van der Waals surface area contributed by atoms with Crippen LogP contribution in [0.15, 0.2) is 174 Å². The first kappa shape index (κ1) is 27.9. The minimum atomic E-state index is 0.606. The largest absolute Gasteiger partial charge is 0.455 e. The minimum absolute atomic E-state index is 0.606. The molecule has 5 nitrogen and oxygen atoms in total. The summed E-state index contributed by atoms with van der Waals surface area (Å²) in [7, 11) is 0. The van der Waals surface area contributed by atoms with Gasteiger partial charge in [-0.1, -0.05) is 133 Å².